The summed E-state index contributed by atoms with van der Waals surface area (Å²) in [6, 6.07) is 8.83. The Kier molecular flexibility index (Phi) is 6.26. The Balaban J connectivity index is 2.34. The first-order valence-electron chi connectivity index (χ1n) is 5.64. The molecular weight excluding hydrogens is 200 g/mol. The van der Waals surface area contributed by atoms with E-state index in [1.54, 1.807) is 11.8 Å². The Morgan fingerprint density at radius 3 is 2.47 bits per heavy atom. The summed E-state index contributed by atoms with van der Waals surface area (Å²) in [6.07, 6.45) is 11.6. The highest BCUT2D eigenvalue weighted by Crippen LogP contribution is 2.15. The second kappa shape index (κ2) is 7.58. The van der Waals surface area contributed by atoms with Crippen molar-refractivity contribution in [3.63, 3.8) is 0 Å². The first-order valence-corrected chi connectivity index (χ1v) is 6.87. The minimum absolute atomic E-state index is 1.07. The molecule has 0 aliphatic rings. The Bertz CT molecular complexity index is 285. The van der Waals surface area contributed by atoms with Crippen LogP contribution in [0.1, 0.15) is 31.7 Å². The first kappa shape index (κ1) is 12.4. The summed E-state index contributed by atoms with van der Waals surface area (Å²) >= 11 is 1.79. The molecule has 0 radical (unpaired) electrons. The molecule has 1 rings (SSSR count). The van der Waals surface area contributed by atoms with Crippen LogP contribution in [0.5, 0.6) is 0 Å². The molecule has 0 spiro atoms. The average Bonchev–Trinajstić information content (AvgIpc) is 2.30. The highest BCUT2D eigenvalue weighted by molar-refractivity contribution is 7.98. The van der Waals surface area contributed by atoms with E-state index in [2.05, 4.69) is 49.6 Å². The molecule has 0 atom stereocenters. The number of unbranched alkanes of at least 4 members (excludes halogenated alkanes) is 2. The largest absolute Gasteiger partial charge is 0.130 e. The molecule has 0 N–H and O–H groups in total. The van der Waals surface area contributed by atoms with Gasteiger partial charge in [-0.05, 0) is 36.8 Å². The molecule has 0 nitrogen and oxygen atoms in total. The zero-order valence-electron chi connectivity index (χ0n) is 9.70. The maximum atomic E-state index is 2.30. The van der Waals surface area contributed by atoms with Gasteiger partial charge in [0.25, 0.3) is 0 Å². The van der Waals surface area contributed by atoms with Crippen molar-refractivity contribution in [1.82, 2.24) is 0 Å². The highest BCUT2D eigenvalue weighted by atomic mass is 32.2. The molecule has 0 heterocycles. The van der Waals surface area contributed by atoms with Gasteiger partial charge in [0.2, 0.25) is 0 Å². The normalized spacial score (nSPS) is 11.1. The van der Waals surface area contributed by atoms with E-state index in [1.807, 2.05) is 0 Å². The predicted molar refractivity (Wildman–Crippen MR) is 70.6 cm³/mol. The molecule has 0 unspecified atom stereocenters. The number of rotatable bonds is 6. The fraction of sp³-hybridized carbons (Fsp3) is 0.429. The molecule has 0 saturated carbocycles. The van der Waals surface area contributed by atoms with Crippen molar-refractivity contribution in [2.75, 3.05) is 6.26 Å². The van der Waals surface area contributed by atoms with Crippen molar-refractivity contribution in [2.45, 2.75) is 37.5 Å². The highest BCUT2D eigenvalue weighted by Gasteiger charge is 1.90. The summed E-state index contributed by atoms with van der Waals surface area (Å²) in [6.45, 7) is 2.23. The van der Waals surface area contributed by atoms with Crippen LogP contribution in [-0.2, 0) is 6.42 Å². The summed E-state index contributed by atoms with van der Waals surface area (Å²) in [4.78, 5) is 1.34. The molecule has 1 aromatic carbocycles. The van der Waals surface area contributed by atoms with Gasteiger partial charge in [-0.1, -0.05) is 44.1 Å². The van der Waals surface area contributed by atoms with Crippen LogP contribution in [-0.4, -0.2) is 6.26 Å². The molecule has 0 saturated heterocycles. The van der Waals surface area contributed by atoms with E-state index >= 15 is 0 Å². The van der Waals surface area contributed by atoms with E-state index in [0.717, 1.165) is 6.42 Å². The van der Waals surface area contributed by atoms with Crippen molar-refractivity contribution >= 4 is 11.8 Å². The van der Waals surface area contributed by atoms with Gasteiger partial charge >= 0.3 is 0 Å². The molecule has 0 aliphatic heterocycles. The van der Waals surface area contributed by atoms with Crippen LogP contribution in [0.25, 0.3) is 0 Å². The molecule has 0 fully saturated rings. The molecule has 15 heavy (non-hydrogen) atoms. The lowest BCUT2D eigenvalue weighted by atomic mass is 10.1. The molecule has 82 valence electrons. The minimum atomic E-state index is 1.07. The summed E-state index contributed by atoms with van der Waals surface area (Å²) < 4.78 is 0. The molecule has 1 heteroatoms. The van der Waals surface area contributed by atoms with Crippen LogP contribution in [0.3, 0.4) is 0 Å². The average molecular weight is 220 g/mol. The van der Waals surface area contributed by atoms with Crippen molar-refractivity contribution in [3.8, 4) is 0 Å². The van der Waals surface area contributed by atoms with E-state index in [9.17, 15) is 0 Å². The monoisotopic (exact) mass is 220 g/mol. The number of thioether (sulfide) groups is 1. The SMILES string of the molecule is CCCC/C=C/Cc1ccc(SC)cc1. The van der Waals surface area contributed by atoms with Gasteiger partial charge in [0, 0.05) is 4.90 Å². The summed E-state index contributed by atoms with van der Waals surface area (Å²) in [5.41, 5.74) is 1.40. The lowest BCUT2D eigenvalue weighted by Crippen LogP contribution is -1.80. The Morgan fingerprint density at radius 2 is 1.87 bits per heavy atom. The van der Waals surface area contributed by atoms with Crippen molar-refractivity contribution in [2.24, 2.45) is 0 Å². The van der Waals surface area contributed by atoms with E-state index in [1.165, 1.54) is 29.7 Å². The van der Waals surface area contributed by atoms with Gasteiger partial charge < -0.3 is 0 Å². The number of benzene rings is 1. The summed E-state index contributed by atoms with van der Waals surface area (Å²) in [5, 5.41) is 0. The van der Waals surface area contributed by atoms with Crippen LogP contribution in [0.2, 0.25) is 0 Å². The van der Waals surface area contributed by atoms with Crippen LogP contribution in [0, 0.1) is 0 Å². The van der Waals surface area contributed by atoms with Gasteiger partial charge in [-0.2, -0.15) is 0 Å². The zero-order valence-corrected chi connectivity index (χ0v) is 10.5. The second-order valence-corrected chi connectivity index (χ2v) is 4.55. The Labute approximate surface area is 97.8 Å². The van der Waals surface area contributed by atoms with E-state index in [-0.39, 0.29) is 0 Å². The third kappa shape index (κ3) is 5.08. The fourth-order valence-corrected chi connectivity index (χ4v) is 1.83. The minimum Gasteiger partial charge on any atom is -0.130 e. The van der Waals surface area contributed by atoms with E-state index in [0.29, 0.717) is 0 Å². The maximum Gasteiger partial charge on any atom is 0.00693 e. The Morgan fingerprint density at radius 1 is 1.13 bits per heavy atom. The second-order valence-electron chi connectivity index (χ2n) is 3.67. The predicted octanol–water partition coefficient (Wildman–Crippen LogP) is 4.70. The first-order chi connectivity index (χ1) is 7.36. The van der Waals surface area contributed by atoms with Crippen LogP contribution < -0.4 is 0 Å². The van der Waals surface area contributed by atoms with Crippen LogP contribution in [0.15, 0.2) is 41.3 Å². The van der Waals surface area contributed by atoms with E-state index in [4.69, 9.17) is 0 Å². The Hall–Kier alpha value is -0.690. The van der Waals surface area contributed by atoms with Crippen LogP contribution >= 0.6 is 11.8 Å². The van der Waals surface area contributed by atoms with Gasteiger partial charge in [0.15, 0.2) is 0 Å². The van der Waals surface area contributed by atoms with Gasteiger partial charge in [0.05, 0.1) is 0 Å². The molecule has 0 amide bonds. The summed E-state index contributed by atoms with van der Waals surface area (Å²) in [7, 11) is 0. The smallest absolute Gasteiger partial charge is 0.00693 e. The standard InChI is InChI=1S/C14H20S/c1-3-4-5-6-7-8-13-9-11-14(15-2)12-10-13/h6-7,9-12H,3-5,8H2,1-2H3/b7-6+. The van der Waals surface area contributed by atoms with E-state index < -0.39 is 0 Å². The van der Waals surface area contributed by atoms with Gasteiger partial charge in [-0.3, -0.25) is 0 Å². The lowest BCUT2D eigenvalue weighted by molar-refractivity contribution is 0.813. The van der Waals surface area contributed by atoms with Gasteiger partial charge in [0.1, 0.15) is 0 Å². The molecular formula is C14H20S. The summed E-state index contributed by atoms with van der Waals surface area (Å²) in [5.74, 6) is 0. The third-order valence-corrected chi connectivity index (χ3v) is 3.15. The zero-order chi connectivity index (χ0) is 10.9. The van der Waals surface area contributed by atoms with Gasteiger partial charge in [-0.25, -0.2) is 0 Å². The lowest BCUT2D eigenvalue weighted by Gasteiger charge is -1.98. The number of hydrogen-bond donors (Lipinski definition) is 0. The van der Waals surface area contributed by atoms with Crippen molar-refractivity contribution in [1.29, 1.82) is 0 Å². The van der Waals surface area contributed by atoms with Crippen LogP contribution in [0.4, 0.5) is 0 Å². The van der Waals surface area contributed by atoms with Crippen molar-refractivity contribution < 1.29 is 0 Å². The van der Waals surface area contributed by atoms with Crippen molar-refractivity contribution in [3.05, 3.63) is 42.0 Å². The number of allylic oxidation sites excluding steroid dienone is 2. The fourth-order valence-electron chi connectivity index (χ4n) is 1.42. The molecule has 1 aromatic rings. The molecule has 0 aromatic heterocycles. The number of hydrogen-bond acceptors (Lipinski definition) is 1. The quantitative estimate of drug-likeness (QED) is 0.380. The molecule has 0 bridgehead atoms. The van der Waals surface area contributed by atoms with Gasteiger partial charge in [-0.15, -0.1) is 11.8 Å². The maximum absolute atomic E-state index is 2.30. The third-order valence-electron chi connectivity index (χ3n) is 2.40. The topological polar surface area (TPSA) is 0 Å². The molecule has 0 aliphatic carbocycles.